The van der Waals surface area contributed by atoms with E-state index in [0.717, 1.165) is 11.1 Å². The summed E-state index contributed by atoms with van der Waals surface area (Å²) in [4.78, 5) is 4.10. The van der Waals surface area contributed by atoms with Gasteiger partial charge in [0.05, 0.1) is 11.4 Å². The van der Waals surface area contributed by atoms with E-state index in [1.165, 1.54) is 23.7 Å². The maximum atomic E-state index is 12.5. The molecular formula is C12H17N5O2S. The van der Waals surface area contributed by atoms with E-state index in [-0.39, 0.29) is 11.4 Å². The zero-order valence-corrected chi connectivity index (χ0v) is 12.4. The van der Waals surface area contributed by atoms with Gasteiger partial charge >= 0.3 is 0 Å². The number of nitrogens with two attached hydrogens (primary N) is 1. The maximum absolute atomic E-state index is 12.5. The predicted molar refractivity (Wildman–Crippen MR) is 75.4 cm³/mol. The molecule has 0 atom stereocenters. The molecule has 7 nitrogen and oxygen atoms in total. The molecule has 0 amide bonds. The Balaban J connectivity index is 2.35. The first-order valence-electron chi connectivity index (χ1n) is 5.99. The number of hydrogen-bond donors (Lipinski definition) is 2. The number of benzene rings is 1. The first kappa shape index (κ1) is 14.5. The number of nitrogen functional groups attached to an aromatic ring is 1. The van der Waals surface area contributed by atoms with Crippen LogP contribution in [0.1, 0.15) is 17.0 Å². The summed E-state index contributed by atoms with van der Waals surface area (Å²) in [6.45, 7) is 3.82. The van der Waals surface area contributed by atoms with E-state index in [2.05, 4.69) is 15.2 Å². The van der Waals surface area contributed by atoms with E-state index in [0.29, 0.717) is 11.5 Å². The summed E-state index contributed by atoms with van der Waals surface area (Å²) >= 11 is 0. The monoisotopic (exact) mass is 295 g/mol. The van der Waals surface area contributed by atoms with Crippen molar-refractivity contribution in [1.29, 1.82) is 0 Å². The third-order valence-electron chi connectivity index (χ3n) is 3.23. The Hall–Kier alpha value is -1.93. The van der Waals surface area contributed by atoms with Crippen molar-refractivity contribution in [3.63, 3.8) is 0 Å². The summed E-state index contributed by atoms with van der Waals surface area (Å²) in [6, 6.07) is 3.10. The minimum atomic E-state index is -3.61. The minimum absolute atomic E-state index is 0.120. The topological polar surface area (TPSA) is 105 Å². The number of anilines is 1. The highest BCUT2D eigenvalue weighted by molar-refractivity contribution is 7.89. The van der Waals surface area contributed by atoms with Gasteiger partial charge in [0.1, 0.15) is 12.2 Å². The number of hydrogen-bond acceptors (Lipinski definition) is 5. The first-order chi connectivity index (χ1) is 9.32. The standard InChI is InChI=1S/C12H17N5O2S/c1-8-4-10(5-11(13)9(8)2)20(18,19)17(3)6-12-14-7-15-16-12/h4-5,7H,6,13H2,1-3H3,(H,14,15,16). The van der Waals surface area contributed by atoms with Crippen LogP contribution in [0.3, 0.4) is 0 Å². The average Bonchev–Trinajstić information content (AvgIpc) is 2.88. The molecule has 1 aromatic carbocycles. The molecule has 0 aliphatic rings. The van der Waals surface area contributed by atoms with E-state index in [4.69, 9.17) is 5.73 Å². The van der Waals surface area contributed by atoms with Gasteiger partial charge in [0.2, 0.25) is 10.0 Å². The van der Waals surface area contributed by atoms with Gasteiger partial charge in [-0.2, -0.15) is 9.40 Å². The summed E-state index contributed by atoms with van der Waals surface area (Å²) < 4.78 is 26.2. The van der Waals surface area contributed by atoms with Crippen LogP contribution in [0, 0.1) is 13.8 Å². The van der Waals surface area contributed by atoms with Crippen LogP contribution in [0.4, 0.5) is 5.69 Å². The Bertz CT molecular complexity index is 686. The van der Waals surface area contributed by atoms with Crippen LogP contribution >= 0.6 is 0 Å². The van der Waals surface area contributed by atoms with Crippen molar-refractivity contribution >= 4 is 15.7 Å². The number of nitrogens with zero attached hydrogens (tertiary/aromatic N) is 3. The fourth-order valence-electron chi connectivity index (χ4n) is 1.78. The SMILES string of the molecule is Cc1cc(S(=O)(=O)N(C)Cc2ncn[nH]2)cc(N)c1C. The van der Waals surface area contributed by atoms with Crippen LogP contribution < -0.4 is 5.73 Å². The van der Waals surface area contributed by atoms with E-state index < -0.39 is 10.0 Å². The highest BCUT2D eigenvalue weighted by Gasteiger charge is 2.23. The second kappa shape index (κ2) is 5.22. The fraction of sp³-hybridized carbons (Fsp3) is 0.333. The van der Waals surface area contributed by atoms with Crippen LogP contribution in [0.15, 0.2) is 23.4 Å². The first-order valence-corrected chi connectivity index (χ1v) is 7.43. The lowest BCUT2D eigenvalue weighted by Gasteiger charge is -2.17. The van der Waals surface area contributed by atoms with Crippen molar-refractivity contribution in [3.05, 3.63) is 35.4 Å². The number of aryl methyl sites for hydroxylation is 1. The molecule has 8 heteroatoms. The normalized spacial score (nSPS) is 12.0. The Morgan fingerprint density at radius 3 is 2.60 bits per heavy atom. The van der Waals surface area contributed by atoms with Gasteiger partial charge in [0, 0.05) is 12.7 Å². The molecule has 0 saturated carbocycles. The number of sulfonamides is 1. The van der Waals surface area contributed by atoms with Gasteiger partial charge in [-0.15, -0.1) is 0 Å². The molecule has 0 unspecified atom stereocenters. The quantitative estimate of drug-likeness (QED) is 0.813. The molecular weight excluding hydrogens is 278 g/mol. The lowest BCUT2D eigenvalue weighted by Crippen LogP contribution is -2.27. The molecule has 108 valence electrons. The van der Waals surface area contributed by atoms with Crippen LogP contribution in [0.5, 0.6) is 0 Å². The molecule has 2 rings (SSSR count). The molecule has 0 saturated heterocycles. The molecule has 1 aromatic heterocycles. The number of aromatic amines is 1. The van der Waals surface area contributed by atoms with Crippen LogP contribution in [0.2, 0.25) is 0 Å². The van der Waals surface area contributed by atoms with Crippen molar-refractivity contribution in [3.8, 4) is 0 Å². The summed E-state index contributed by atoms with van der Waals surface area (Å²) in [5.41, 5.74) is 8.05. The highest BCUT2D eigenvalue weighted by Crippen LogP contribution is 2.24. The largest absolute Gasteiger partial charge is 0.398 e. The predicted octanol–water partition coefficient (Wildman–Crippen LogP) is 0.824. The number of nitrogens with one attached hydrogen (secondary N) is 1. The Labute approximate surface area is 117 Å². The lowest BCUT2D eigenvalue weighted by molar-refractivity contribution is 0.457. The summed E-state index contributed by atoms with van der Waals surface area (Å²) in [6.07, 6.45) is 1.34. The molecule has 1 heterocycles. The van der Waals surface area contributed by atoms with Gasteiger partial charge in [-0.25, -0.2) is 13.4 Å². The molecule has 0 fully saturated rings. The molecule has 3 N–H and O–H groups in total. The maximum Gasteiger partial charge on any atom is 0.243 e. The smallest absolute Gasteiger partial charge is 0.243 e. The Kier molecular flexibility index (Phi) is 3.78. The third-order valence-corrected chi connectivity index (χ3v) is 5.01. The molecule has 0 radical (unpaired) electrons. The van der Waals surface area contributed by atoms with Crippen LogP contribution in [-0.4, -0.2) is 35.0 Å². The molecule has 2 aromatic rings. The molecule has 0 aliphatic carbocycles. The Morgan fingerprint density at radius 2 is 2.05 bits per heavy atom. The van der Waals surface area contributed by atoms with E-state index in [1.807, 2.05) is 13.8 Å². The van der Waals surface area contributed by atoms with Gasteiger partial charge in [0.15, 0.2) is 0 Å². The molecule has 0 aliphatic heterocycles. The van der Waals surface area contributed by atoms with Gasteiger partial charge < -0.3 is 5.73 Å². The number of aromatic nitrogens is 3. The summed E-state index contributed by atoms with van der Waals surface area (Å²) in [7, 11) is -2.12. The summed E-state index contributed by atoms with van der Waals surface area (Å²) in [5, 5.41) is 6.32. The highest BCUT2D eigenvalue weighted by atomic mass is 32.2. The van der Waals surface area contributed by atoms with Gasteiger partial charge in [-0.05, 0) is 37.1 Å². The zero-order chi connectivity index (χ0) is 14.9. The van der Waals surface area contributed by atoms with Crippen LogP contribution in [0.25, 0.3) is 0 Å². The summed E-state index contributed by atoms with van der Waals surface area (Å²) in [5.74, 6) is 0.480. The van der Waals surface area contributed by atoms with E-state index in [1.54, 1.807) is 6.07 Å². The number of H-pyrrole nitrogens is 1. The number of rotatable bonds is 4. The molecule has 0 spiro atoms. The van der Waals surface area contributed by atoms with Crippen molar-refractivity contribution in [2.75, 3.05) is 12.8 Å². The van der Waals surface area contributed by atoms with Crippen molar-refractivity contribution < 1.29 is 8.42 Å². The molecule has 20 heavy (non-hydrogen) atoms. The van der Waals surface area contributed by atoms with Gasteiger partial charge in [-0.1, -0.05) is 0 Å². The zero-order valence-electron chi connectivity index (χ0n) is 11.6. The second-order valence-electron chi connectivity index (χ2n) is 4.65. The van der Waals surface area contributed by atoms with Crippen LogP contribution in [-0.2, 0) is 16.6 Å². The van der Waals surface area contributed by atoms with Crippen molar-refractivity contribution in [2.45, 2.75) is 25.3 Å². The van der Waals surface area contributed by atoms with E-state index >= 15 is 0 Å². The Morgan fingerprint density at radius 1 is 1.35 bits per heavy atom. The van der Waals surface area contributed by atoms with E-state index in [9.17, 15) is 8.42 Å². The van der Waals surface area contributed by atoms with Crippen molar-refractivity contribution in [2.24, 2.45) is 0 Å². The lowest BCUT2D eigenvalue weighted by atomic mass is 10.1. The fourth-order valence-corrected chi connectivity index (χ4v) is 3.04. The molecule has 0 bridgehead atoms. The van der Waals surface area contributed by atoms with Crippen molar-refractivity contribution in [1.82, 2.24) is 19.5 Å². The van der Waals surface area contributed by atoms with Gasteiger partial charge in [-0.3, -0.25) is 5.10 Å². The second-order valence-corrected chi connectivity index (χ2v) is 6.69. The average molecular weight is 295 g/mol. The van der Waals surface area contributed by atoms with Gasteiger partial charge in [0.25, 0.3) is 0 Å². The minimum Gasteiger partial charge on any atom is -0.398 e. The third kappa shape index (κ3) is 2.66.